The van der Waals surface area contributed by atoms with Crippen molar-refractivity contribution in [2.75, 3.05) is 13.2 Å². The van der Waals surface area contributed by atoms with Crippen LogP contribution in [0.15, 0.2) is 471 Å². The normalized spacial score (nSPS) is 11.9. The van der Waals surface area contributed by atoms with E-state index < -0.39 is 31.7 Å². The topological polar surface area (TPSA) is 163 Å². The molecule has 1 aliphatic heterocycles. The third kappa shape index (κ3) is 28.5. The Morgan fingerprint density at radius 1 is 0.301 bits per heavy atom. The molecule has 1 fully saturated rings. The van der Waals surface area contributed by atoms with Crippen molar-refractivity contribution in [1.82, 2.24) is 20.4 Å². The third-order valence-electron chi connectivity index (χ3n) is 21.6. The summed E-state index contributed by atoms with van der Waals surface area (Å²) in [5, 5.41) is 32.4. The van der Waals surface area contributed by atoms with Gasteiger partial charge in [-0.15, -0.1) is 0 Å². The molecule has 0 aliphatic carbocycles. The molecule has 12 nitrogen and oxygen atoms in total. The molecule has 2 N–H and O–H groups in total. The number of halogens is 1. The molecule has 668 valence electrons. The SMILES string of the molecule is CCOC(=O)Cc1ccc(-c2n[nH]c(=O)c3ccccc23)cc1.CCOC(=O)Cc1ccc(B2OC(C)(C)C(C)(C)O2)cc1.O=c1[nH]nc(Cl)c2ccccc12.[Pd].c1ccc(P(c2ccccc2)c2ccccc2)cc1.c1ccc(P(c2ccccc2)c2ccccc2)cc1.c1ccc(P(c2ccccc2)c2ccccc2)cc1.c1ccc(P(c2ccccc2)c2ccccc2)cc1. The number of hydrogen-bond donors (Lipinski definition) is 2. The molecule has 19 heteroatoms. The number of aromatic amines is 2. The van der Waals surface area contributed by atoms with E-state index in [1.54, 1.807) is 38.1 Å². The summed E-state index contributed by atoms with van der Waals surface area (Å²) in [6.45, 7) is 12.5. The van der Waals surface area contributed by atoms with Crippen molar-refractivity contribution >= 4 is 153 Å². The molecule has 0 amide bonds. The van der Waals surface area contributed by atoms with Gasteiger partial charge in [0.25, 0.3) is 11.1 Å². The van der Waals surface area contributed by atoms with E-state index in [0.29, 0.717) is 40.2 Å². The van der Waals surface area contributed by atoms with Gasteiger partial charge in [0.2, 0.25) is 0 Å². The van der Waals surface area contributed by atoms with Crippen LogP contribution in [0, 0.1) is 0 Å². The summed E-state index contributed by atoms with van der Waals surface area (Å²) >= 11 is 5.75. The first-order valence-corrected chi connectivity index (χ1v) is 49.5. The van der Waals surface area contributed by atoms with Gasteiger partial charge in [-0.2, -0.15) is 10.2 Å². The van der Waals surface area contributed by atoms with Gasteiger partial charge in [0.1, 0.15) is 0 Å². The molecule has 19 rings (SSSR count). The molecule has 16 aromatic carbocycles. The van der Waals surface area contributed by atoms with Crippen LogP contribution in [0.5, 0.6) is 0 Å². The van der Waals surface area contributed by atoms with Gasteiger partial charge in [0.05, 0.1) is 53.7 Å². The molecule has 0 bridgehead atoms. The van der Waals surface area contributed by atoms with Crippen molar-refractivity contribution in [2.45, 2.75) is 65.6 Å². The minimum absolute atomic E-state index is 0. The Morgan fingerprint density at radius 3 is 0.752 bits per heavy atom. The van der Waals surface area contributed by atoms with Crippen molar-refractivity contribution < 1.29 is 48.8 Å². The van der Waals surface area contributed by atoms with Crippen LogP contribution in [0.1, 0.15) is 52.7 Å². The summed E-state index contributed by atoms with van der Waals surface area (Å²) in [5.74, 6) is -0.450. The van der Waals surface area contributed by atoms with Crippen LogP contribution in [-0.4, -0.2) is 63.9 Å². The molecule has 133 heavy (non-hydrogen) atoms. The Morgan fingerprint density at radius 2 is 0.511 bits per heavy atom. The molecular formula is C114H104BClN4O8P4Pd. The van der Waals surface area contributed by atoms with Gasteiger partial charge in [-0.25, -0.2) is 10.2 Å². The number of esters is 2. The van der Waals surface area contributed by atoms with Gasteiger partial charge in [-0.1, -0.05) is 461 Å². The third-order valence-corrected chi connectivity index (χ3v) is 31.6. The van der Waals surface area contributed by atoms with E-state index >= 15 is 0 Å². The van der Waals surface area contributed by atoms with E-state index in [-0.39, 0.29) is 74.6 Å². The Bertz CT molecular complexity index is 5790. The van der Waals surface area contributed by atoms with Crippen LogP contribution in [0.4, 0.5) is 0 Å². The predicted octanol–water partition coefficient (Wildman–Crippen LogP) is 20.1. The van der Waals surface area contributed by atoms with Crippen LogP contribution in [0.3, 0.4) is 0 Å². The first kappa shape index (κ1) is 99.4. The summed E-state index contributed by atoms with van der Waals surface area (Å²) in [6.07, 6.45) is 0.533. The van der Waals surface area contributed by atoms with Crippen LogP contribution < -0.4 is 80.2 Å². The fourth-order valence-corrected chi connectivity index (χ4v) is 23.9. The molecule has 1 saturated heterocycles. The number of ether oxygens (including phenoxy) is 2. The first-order chi connectivity index (χ1) is 64.5. The molecule has 3 heterocycles. The first-order valence-electron chi connectivity index (χ1n) is 43.8. The zero-order valence-electron chi connectivity index (χ0n) is 74.9. The van der Waals surface area contributed by atoms with Gasteiger partial charge in [-0.3, -0.25) is 19.2 Å². The number of H-pyrrole nitrogens is 2. The minimum atomic E-state index is -0.446. The number of aromatic nitrogens is 4. The number of carbonyl (C=O) groups is 2. The second kappa shape index (κ2) is 51.4. The number of rotatable bonds is 20. The molecular weight excluding hydrogens is 1830 g/mol. The Hall–Kier alpha value is -12.6. The summed E-state index contributed by atoms with van der Waals surface area (Å²) in [6, 6.07) is 159. The average Bonchev–Trinajstić information content (AvgIpc) is 1.64. The van der Waals surface area contributed by atoms with Gasteiger partial charge in [0, 0.05) is 36.8 Å². The van der Waals surface area contributed by atoms with E-state index in [1.807, 2.05) is 100 Å². The molecule has 1 aliphatic rings. The van der Waals surface area contributed by atoms with E-state index in [1.165, 1.54) is 63.7 Å². The molecule has 0 spiro atoms. The van der Waals surface area contributed by atoms with Crippen molar-refractivity contribution in [3.63, 3.8) is 0 Å². The molecule has 0 atom stereocenters. The number of hydrogen-bond acceptors (Lipinski definition) is 10. The zero-order valence-corrected chi connectivity index (χ0v) is 80.8. The van der Waals surface area contributed by atoms with Gasteiger partial charge in [-0.05, 0) is 166 Å². The van der Waals surface area contributed by atoms with Gasteiger partial charge in [0.15, 0.2) is 5.15 Å². The number of nitrogens with one attached hydrogen (secondary N) is 2. The molecule has 0 saturated carbocycles. The van der Waals surface area contributed by atoms with Crippen LogP contribution in [0.2, 0.25) is 5.15 Å². The largest absolute Gasteiger partial charge is 0.494 e. The number of fused-ring (bicyclic) bond motifs is 2. The maximum atomic E-state index is 11.8. The Balaban J connectivity index is 0.000000140. The average molecular weight is 1930 g/mol. The summed E-state index contributed by atoms with van der Waals surface area (Å²) < 4.78 is 21.9. The summed E-state index contributed by atoms with van der Waals surface area (Å²) in [5.41, 5.74) is 3.24. The van der Waals surface area contributed by atoms with E-state index in [2.05, 4.69) is 384 Å². The van der Waals surface area contributed by atoms with E-state index in [0.717, 1.165) is 27.5 Å². The summed E-state index contributed by atoms with van der Waals surface area (Å²) in [4.78, 5) is 45.9. The van der Waals surface area contributed by atoms with Crippen LogP contribution in [-0.2, 0) is 61.6 Å². The number of benzene rings is 16. The standard InChI is InChI=1S/C18H16N2O3.4C18H15P.C16H23BO4.C8H5ClN2O.Pd/c1-2-23-16(21)11-12-7-9-13(10-8-12)17-14-5-3-4-6-15(14)18(22)20-19-17;4*1-4-10-16(11-5-1)19(17-12-6-2-7-13-17)18-14-8-3-9-15-18;1-6-19-14(18)11-12-7-9-13(10-8-12)17-20-15(2,3)16(4,5)21-17;9-7-5-3-1-2-4-6(5)8(12)11-10-7;/h3-10H,2,11H2,1H3,(H,20,22);4*1-15H;7-10H,6,11H2,1-5H3;1-4H,(H,11,12);. The summed E-state index contributed by atoms with van der Waals surface area (Å²) in [7, 11) is -2.15. The molecule has 0 unspecified atom stereocenters. The molecule has 0 radical (unpaired) electrons. The van der Waals surface area contributed by atoms with E-state index in [9.17, 15) is 19.2 Å². The zero-order chi connectivity index (χ0) is 92.1. The Kier molecular flexibility index (Phi) is 38.4. The van der Waals surface area contributed by atoms with Crippen molar-refractivity contribution in [2.24, 2.45) is 0 Å². The fourth-order valence-electron chi connectivity index (χ4n) is 14.4. The van der Waals surface area contributed by atoms with Crippen molar-refractivity contribution in [3.8, 4) is 11.3 Å². The van der Waals surface area contributed by atoms with Crippen LogP contribution >= 0.6 is 43.3 Å². The molecule has 2 aromatic heterocycles. The van der Waals surface area contributed by atoms with Gasteiger partial charge >= 0.3 is 19.1 Å². The number of nitrogens with zero attached hydrogens (tertiary/aromatic N) is 2. The maximum absolute atomic E-state index is 11.8. The smallest absolute Gasteiger partial charge is 0.466 e. The van der Waals surface area contributed by atoms with Crippen molar-refractivity contribution in [1.29, 1.82) is 0 Å². The Labute approximate surface area is 804 Å². The predicted molar refractivity (Wildman–Crippen MR) is 559 cm³/mol. The van der Waals surface area contributed by atoms with Crippen LogP contribution in [0.25, 0.3) is 32.8 Å². The van der Waals surface area contributed by atoms with E-state index in [4.69, 9.17) is 30.4 Å². The quantitative estimate of drug-likeness (QED) is 0.0427. The monoisotopic (exact) mass is 1930 g/mol. The second-order valence-electron chi connectivity index (χ2n) is 31.2. The fraction of sp³-hybridized carbons (Fsp3) is 0.105. The number of carbonyl (C=O) groups excluding carboxylic acids is 2. The second-order valence-corrected chi connectivity index (χ2v) is 40.4. The maximum Gasteiger partial charge on any atom is 0.494 e. The van der Waals surface area contributed by atoms with Gasteiger partial charge < -0.3 is 18.8 Å². The van der Waals surface area contributed by atoms with Crippen molar-refractivity contribution in [3.05, 3.63) is 498 Å². The minimum Gasteiger partial charge on any atom is -0.466 e. The molecule has 18 aromatic rings.